The topological polar surface area (TPSA) is 140 Å². The summed E-state index contributed by atoms with van der Waals surface area (Å²) in [5.74, 6) is 0.841. The van der Waals surface area contributed by atoms with E-state index in [2.05, 4.69) is 22.2 Å². The summed E-state index contributed by atoms with van der Waals surface area (Å²) in [5, 5.41) is 23.3. The minimum atomic E-state index is -1.51. The molecule has 0 aliphatic carbocycles. The fourth-order valence-electron chi connectivity index (χ4n) is 4.71. The van der Waals surface area contributed by atoms with Crippen molar-refractivity contribution >= 4 is 35.2 Å². The van der Waals surface area contributed by atoms with Gasteiger partial charge >= 0.3 is 7.12 Å². The van der Waals surface area contributed by atoms with Gasteiger partial charge in [0.2, 0.25) is 0 Å². The molecule has 6 N–H and O–H groups in total. The number of H-pyrrole nitrogens is 1. The van der Waals surface area contributed by atoms with Gasteiger partial charge in [-0.15, -0.1) is 0 Å². The molecule has 178 valence electrons. The smallest absolute Gasteiger partial charge is 0.423 e. The average molecular weight is 470 g/mol. The molecule has 1 aliphatic heterocycles. The first-order chi connectivity index (χ1) is 16.8. The minimum Gasteiger partial charge on any atom is -0.423 e. The highest BCUT2D eigenvalue weighted by molar-refractivity contribution is 6.58. The zero-order chi connectivity index (χ0) is 24.7. The number of carbonyl (C=O) groups is 1. The molecule has 1 amide bonds. The second-order valence-electron chi connectivity index (χ2n) is 9.00. The molecule has 0 atom stereocenters. The molecule has 0 spiro atoms. The predicted octanol–water partition coefficient (Wildman–Crippen LogP) is 1.31. The second-order valence-corrected chi connectivity index (χ2v) is 9.00. The van der Waals surface area contributed by atoms with E-state index < -0.39 is 13.0 Å². The number of fused-ring (bicyclic) bond motifs is 2. The molecular weight excluding hydrogens is 443 g/mol. The van der Waals surface area contributed by atoms with E-state index in [1.54, 1.807) is 24.3 Å². The molecule has 5 rings (SSSR count). The Bertz CT molecular complexity index is 1430. The van der Waals surface area contributed by atoms with Crippen LogP contribution in [0.25, 0.3) is 22.3 Å². The first kappa shape index (κ1) is 23.0. The highest BCUT2D eigenvalue weighted by atomic mass is 16.4. The molecule has 10 heteroatoms. The third-order valence-corrected chi connectivity index (χ3v) is 6.48. The Balaban J connectivity index is 1.59. The van der Waals surface area contributed by atoms with Gasteiger partial charge in [-0.2, -0.15) is 0 Å². The number of amides is 1. The van der Waals surface area contributed by atoms with Crippen molar-refractivity contribution in [2.24, 2.45) is 5.73 Å². The maximum Gasteiger partial charge on any atom is 0.488 e. The highest BCUT2D eigenvalue weighted by Gasteiger charge is 2.24. The van der Waals surface area contributed by atoms with Gasteiger partial charge in [-0.25, -0.2) is 9.97 Å². The first-order valence-corrected chi connectivity index (χ1v) is 11.5. The van der Waals surface area contributed by atoms with Gasteiger partial charge < -0.3 is 31.0 Å². The standard InChI is InChI=1S/C25H27BN6O3/c1-14-21(18-7-4-8-19(23(27)33)22(18)29-14)25-30-20-13-32(2)10-9-17(20)24(31-25)28-12-15-5-3-6-16(11-15)26(34)35/h3-8,11,29,34-35H,9-10,12-13H2,1-2H3,(H2,27,33)(H,28,30,31). The largest absolute Gasteiger partial charge is 0.488 e. The lowest BCUT2D eigenvalue weighted by Crippen LogP contribution is -2.30. The van der Waals surface area contributed by atoms with Crippen molar-refractivity contribution in [1.82, 2.24) is 19.9 Å². The van der Waals surface area contributed by atoms with Crippen molar-refractivity contribution in [3.63, 3.8) is 0 Å². The summed E-state index contributed by atoms with van der Waals surface area (Å²) in [4.78, 5) is 27.4. The number of aryl methyl sites for hydroxylation is 1. The van der Waals surface area contributed by atoms with Gasteiger partial charge in [0.05, 0.1) is 16.8 Å². The quantitative estimate of drug-likeness (QED) is 0.268. The monoisotopic (exact) mass is 470 g/mol. The van der Waals surface area contributed by atoms with Gasteiger partial charge in [0, 0.05) is 41.8 Å². The van der Waals surface area contributed by atoms with Gasteiger partial charge in [0.15, 0.2) is 5.82 Å². The first-order valence-electron chi connectivity index (χ1n) is 11.5. The fourth-order valence-corrected chi connectivity index (χ4v) is 4.71. The summed E-state index contributed by atoms with van der Waals surface area (Å²) in [6.07, 6.45) is 0.822. The Morgan fingerprint density at radius 2 is 2.03 bits per heavy atom. The highest BCUT2D eigenvalue weighted by Crippen LogP contribution is 2.34. The third-order valence-electron chi connectivity index (χ3n) is 6.48. The Hall–Kier alpha value is -3.73. The molecule has 1 aliphatic rings. The summed E-state index contributed by atoms with van der Waals surface area (Å²) in [5.41, 5.74) is 11.8. The molecular formula is C25H27BN6O3. The molecule has 9 nitrogen and oxygen atoms in total. The van der Waals surface area contributed by atoms with Crippen molar-refractivity contribution in [3.05, 3.63) is 70.5 Å². The normalized spacial score (nSPS) is 13.6. The number of anilines is 1. The van der Waals surface area contributed by atoms with Crippen LogP contribution in [0.2, 0.25) is 0 Å². The second kappa shape index (κ2) is 9.14. The van der Waals surface area contributed by atoms with Gasteiger partial charge in [-0.3, -0.25) is 4.79 Å². The van der Waals surface area contributed by atoms with Crippen molar-refractivity contribution in [2.45, 2.75) is 26.4 Å². The number of rotatable bonds is 6. The molecule has 0 unspecified atom stereocenters. The van der Waals surface area contributed by atoms with Gasteiger partial charge in [0.1, 0.15) is 5.82 Å². The Labute approximate surface area is 203 Å². The number of benzene rings is 2. The van der Waals surface area contributed by atoms with Crippen LogP contribution in [0.5, 0.6) is 0 Å². The van der Waals surface area contributed by atoms with E-state index in [1.165, 1.54) is 0 Å². The van der Waals surface area contributed by atoms with Crippen LogP contribution in [-0.4, -0.2) is 56.5 Å². The molecule has 0 saturated heterocycles. The molecule has 35 heavy (non-hydrogen) atoms. The summed E-state index contributed by atoms with van der Waals surface area (Å²) in [7, 11) is 0.554. The molecule has 0 saturated carbocycles. The zero-order valence-electron chi connectivity index (χ0n) is 19.7. The summed E-state index contributed by atoms with van der Waals surface area (Å²) >= 11 is 0. The van der Waals surface area contributed by atoms with Crippen molar-refractivity contribution < 1.29 is 14.8 Å². The number of nitrogens with one attached hydrogen (secondary N) is 2. The van der Waals surface area contributed by atoms with Crippen LogP contribution in [0.1, 0.15) is 32.9 Å². The number of aromatic amines is 1. The van der Waals surface area contributed by atoms with Crippen LogP contribution in [0.4, 0.5) is 5.82 Å². The van der Waals surface area contributed by atoms with Crippen LogP contribution in [0.15, 0.2) is 42.5 Å². The van der Waals surface area contributed by atoms with Crippen LogP contribution in [0, 0.1) is 6.92 Å². The lowest BCUT2D eigenvalue weighted by Gasteiger charge is -2.26. The van der Waals surface area contributed by atoms with E-state index in [0.717, 1.165) is 52.2 Å². The zero-order valence-corrected chi connectivity index (χ0v) is 19.7. The number of para-hydroxylation sites is 1. The SMILES string of the molecule is Cc1[nH]c2c(C(N)=O)cccc2c1-c1nc2c(c(NCc3cccc(B(O)O)c3)n1)CCN(C)C2. The van der Waals surface area contributed by atoms with Crippen LogP contribution >= 0.6 is 0 Å². The number of likely N-dealkylation sites (N-methyl/N-ethyl adjacent to an activating group) is 1. The molecule has 0 fully saturated rings. The number of aromatic nitrogens is 3. The Morgan fingerprint density at radius 3 is 2.80 bits per heavy atom. The average Bonchev–Trinajstić information content (AvgIpc) is 3.17. The fraction of sp³-hybridized carbons (Fsp3) is 0.240. The van der Waals surface area contributed by atoms with Crippen molar-refractivity contribution in [1.29, 1.82) is 0 Å². The Kier molecular flexibility index (Phi) is 6.02. The van der Waals surface area contributed by atoms with Crippen LogP contribution < -0.4 is 16.5 Å². The maximum atomic E-state index is 12.0. The molecule has 0 bridgehead atoms. The number of nitrogens with zero attached hydrogens (tertiary/aromatic N) is 3. The lowest BCUT2D eigenvalue weighted by molar-refractivity contribution is 0.100. The van der Waals surface area contributed by atoms with E-state index in [-0.39, 0.29) is 0 Å². The summed E-state index contributed by atoms with van der Waals surface area (Å²) in [6.45, 7) is 4.02. The van der Waals surface area contributed by atoms with Gasteiger partial charge in [0.25, 0.3) is 5.91 Å². The number of primary amides is 1. The van der Waals surface area contributed by atoms with Gasteiger partial charge in [-0.05, 0) is 37.5 Å². The number of nitrogens with two attached hydrogens (primary N) is 1. The molecule has 3 heterocycles. The van der Waals surface area contributed by atoms with E-state index in [4.69, 9.17) is 15.7 Å². The van der Waals surface area contributed by atoms with E-state index in [1.807, 2.05) is 25.1 Å². The lowest BCUT2D eigenvalue weighted by atomic mass is 9.79. The van der Waals surface area contributed by atoms with Crippen LogP contribution in [0.3, 0.4) is 0 Å². The maximum absolute atomic E-state index is 12.0. The van der Waals surface area contributed by atoms with Crippen molar-refractivity contribution in [3.8, 4) is 11.4 Å². The molecule has 0 radical (unpaired) electrons. The number of carbonyl (C=O) groups excluding carboxylic acids is 1. The third kappa shape index (κ3) is 4.39. The van der Waals surface area contributed by atoms with Gasteiger partial charge in [-0.1, -0.05) is 36.4 Å². The summed E-state index contributed by atoms with van der Waals surface area (Å²) in [6, 6.07) is 12.6. The number of hydrogen-bond acceptors (Lipinski definition) is 7. The van der Waals surface area contributed by atoms with Crippen LogP contribution in [-0.2, 0) is 19.5 Å². The number of hydrogen-bond donors (Lipinski definition) is 5. The summed E-state index contributed by atoms with van der Waals surface area (Å²) < 4.78 is 0. The van der Waals surface area contributed by atoms with E-state index >= 15 is 0 Å². The molecule has 2 aromatic carbocycles. The Morgan fingerprint density at radius 1 is 1.23 bits per heavy atom. The van der Waals surface area contributed by atoms with E-state index in [9.17, 15) is 14.8 Å². The van der Waals surface area contributed by atoms with Crippen molar-refractivity contribution in [2.75, 3.05) is 18.9 Å². The molecule has 2 aromatic heterocycles. The molecule has 4 aromatic rings. The predicted molar refractivity (Wildman–Crippen MR) is 136 cm³/mol. The minimum absolute atomic E-state index is 0.429. The van der Waals surface area contributed by atoms with E-state index in [0.29, 0.717) is 35.5 Å².